The van der Waals surface area contributed by atoms with Crippen LogP contribution in [0, 0.1) is 0 Å². The van der Waals surface area contributed by atoms with Gasteiger partial charge >= 0.3 is 0 Å². The van der Waals surface area contributed by atoms with Gasteiger partial charge in [0, 0.05) is 34.1 Å². The van der Waals surface area contributed by atoms with E-state index in [1.54, 1.807) is 16.4 Å². The molecule has 0 saturated heterocycles. The van der Waals surface area contributed by atoms with E-state index in [0.717, 1.165) is 47.5 Å². The molecule has 2 aromatic heterocycles. The third-order valence-corrected chi connectivity index (χ3v) is 6.48. The standard InChI is InChI=1S/C24H29N5O2S/c1-24(2,3)19-15-20(26-21(30)13-14-32-16-9-5-4-6-10-16)29(28-19)23-25-18-12-8-7-11-17(18)22(31)27-23/h4-6,9-10,15H,7-8,11-14H2,1-3H3,(H,26,30)(H,25,27,31). The lowest BCUT2D eigenvalue weighted by molar-refractivity contribution is -0.115. The summed E-state index contributed by atoms with van der Waals surface area (Å²) in [5.41, 5.74) is 2.08. The van der Waals surface area contributed by atoms with Crippen LogP contribution >= 0.6 is 11.8 Å². The molecule has 2 heterocycles. The van der Waals surface area contributed by atoms with E-state index >= 15 is 0 Å². The van der Waals surface area contributed by atoms with E-state index in [1.165, 1.54) is 0 Å². The number of anilines is 1. The lowest BCUT2D eigenvalue weighted by Gasteiger charge is -2.16. The van der Waals surface area contributed by atoms with Crippen molar-refractivity contribution in [2.45, 2.75) is 63.2 Å². The van der Waals surface area contributed by atoms with Gasteiger partial charge in [-0.25, -0.2) is 4.98 Å². The molecule has 1 amide bonds. The fourth-order valence-corrected chi connectivity index (χ4v) is 4.54. The number of hydrogen-bond acceptors (Lipinski definition) is 5. The molecule has 32 heavy (non-hydrogen) atoms. The molecule has 1 aromatic carbocycles. The molecule has 1 aliphatic rings. The minimum atomic E-state index is -0.220. The van der Waals surface area contributed by atoms with Crippen molar-refractivity contribution < 1.29 is 4.79 Å². The minimum absolute atomic E-state index is 0.102. The molecule has 0 unspecified atom stereocenters. The lowest BCUT2D eigenvalue weighted by Crippen LogP contribution is -2.25. The second-order valence-electron chi connectivity index (χ2n) is 9.06. The highest BCUT2D eigenvalue weighted by molar-refractivity contribution is 7.99. The van der Waals surface area contributed by atoms with E-state index in [2.05, 4.69) is 36.2 Å². The largest absolute Gasteiger partial charge is 0.310 e. The zero-order chi connectivity index (χ0) is 22.7. The number of carbonyl (C=O) groups excluding carboxylic acids is 1. The van der Waals surface area contributed by atoms with Gasteiger partial charge in [0.2, 0.25) is 11.9 Å². The smallest absolute Gasteiger partial charge is 0.255 e. The summed E-state index contributed by atoms with van der Waals surface area (Å²) in [6, 6.07) is 11.9. The Morgan fingerprint density at radius 3 is 2.69 bits per heavy atom. The van der Waals surface area contributed by atoms with Gasteiger partial charge in [-0.05, 0) is 37.8 Å². The summed E-state index contributed by atoms with van der Waals surface area (Å²) in [7, 11) is 0. The normalized spacial score (nSPS) is 13.6. The summed E-state index contributed by atoms with van der Waals surface area (Å²) < 4.78 is 1.55. The predicted octanol–water partition coefficient (Wildman–Crippen LogP) is 4.25. The first-order valence-electron chi connectivity index (χ1n) is 11.0. The van der Waals surface area contributed by atoms with Gasteiger partial charge in [-0.1, -0.05) is 39.0 Å². The van der Waals surface area contributed by atoms with Gasteiger partial charge in [-0.15, -0.1) is 11.8 Å². The molecule has 0 atom stereocenters. The average molecular weight is 452 g/mol. The van der Waals surface area contributed by atoms with Crippen LogP contribution in [0.2, 0.25) is 0 Å². The van der Waals surface area contributed by atoms with Crippen LogP contribution in [0.3, 0.4) is 0 Å². The Bertz CT molecular complexity index is 1160. The number of thioether (sulfide) groups is 1. The highest BCUT2D eigenvalue weighted by atomic mass is 32.2. The van der Waals surface area contributed by atoms with E-state index in [4.69, 9.17) is 4.98 Å². The zero-order valence-corrected chi connectivity index (χ0v) is 19.6. The van der Waals surface area contributed by atoms with E-state index in [1.807, 2.05) is 36.4 Å². The van der Waals surface area contributed by atoms with Crippen LogP contribution in [-0.4, -0.2) is 31.4 Å². The van der Waals surface area contributed by atoms with E-state index < -0.39 is 0 Å². The van der Waals surface area contributed by atoms with Crippen molar-refractivity contribution in [3.63, 3.8) is 0 Å². The fraction of sp³-hybridized carbons (Fsp3) is 0.417. The molecule has 7 nitrogen and oxygen atoms in total. The summed E-state index contributed by atoms with van der Waals surface area (Å²) in [6.45, 7) is 6.18. The molecule has 0 spiro atoms. The zero-order valence-electron chi connectivity index (χ0n) is 18.8. The summed E-state index contributed by atoms with van der Waals surface area (Å²) in [6.07, 6.45) is 3.95. The first-order valence-corrected chi connectivity index (χ1v) is 12.0. The maximum Gasteiger partial charge on any atom is 0.255 e. The number of benzene rings is 1. The minimum Gasteiger partial charge on any atom is -0.310 e. The van der Waals surface area contributed by atoms with Crippen molar-refractivity contribution in [2.24, 2.45) is 0 Å². The number of rotatable bonds is 6. The molecule has 0 saturated carbocycles. The molecule has 0 aliphatic heterocycles. The molecule has 3 aromatic rings. The molecular weight excluding hydrogens is 422 g/mol. The first-order chi connectivity index (χ1) is 15.3. The van der Waals surface area contributed by atoms with Crippen LogP contribution in [-0.2, 0) is 23.1 Å². The van der Waals surface area contributed by atoms with E-state index in [-0.39, 0.29) is 16.9 Å². The number of carbonyl (C=O) groups is 1. The Kier molecular flexibility index (Phi) is 6.50. The number of aromatic nitrogens is 4. The van der Waals surface area contributed by atoms with Gasteiger partial charge in [0.05, 0.1) is 11.4 Å². The Labute approximate surface area is 192 Å². The highest BCUT2D eigenvalue weighted by Crippen LogP contribution is 2.26. The average Bonchev–Trinajstić information content (AvgIpc) is 3.19. The topological polar surface area (TPSA) is 92.7 Å². The summed E-state index contributed by atoms with van der Waals surface area (Å²) in [4.78, 5) is 34.0. The number of hydrogen-bond donors (Lipinski definition) is 2. The van der Waals surface area contributed by atoms with Crippen molar-refractivity contribution in [3.05, 3.63) is 63.7 Å². The molecular formula is C24H29N5O2S. The van der Waals surface area contributed by atoms with Gasteiger partial charge in [0.15, 0.2) is 0 Å². The first kappa shape index (κ1) is 22.3. The van der Waals surface area contributed by atoms with Crippen molar-refractivity contribution >= 4 is 23.5 Å². The summed E-state index contributed by atoms with van der Waals surface area (Å²) >= 11 is 1.64. The monoisotopic (exact) mass is 451 g/mol. The molecule has 168 valence electrons. The second kappa shape index (κ2) is 9.32. The maximum atomic E-state index is 12.7. The number of H-pyrrole nitrogens is 1. The molecule has 0 radical (unpaired) electrons. The van der Waals surface area contributed by atoms with Gasteiger partial charge in [-0.2, -0.15) is 9.78 Å². The van der Waals surface area contributed by atoms with Crippen LogP contribution < -0.4 is 10.9 Å². The van der Waals surface area contributed by atoms with Crippen molar-refractivity contribution in [3.8, 4) is 5.95 Å². The molecule has 2 N–H and O–H groups in total. The van der Waals surface area contributed by atoms with Gasteiger partial charge in [0.1, 0.15) is 5.82 Å². The molecule has 0 fully saturated rings. The molecule has 1 aliphatic carbocycles. The number of aromatic amines is 1. The molecule has 8 heteroatoms. The van der Waals surface area contributed by atoms with E-state index in [0.29, 0.717) is 23.9 Å². The number of aryl methyl sites for hydroxylation is 1. The number of amides is 1. The second-order valence-corrected chi connectivity index (χ2v) is 10.2. The maximum absolute atomic E-state index is 12.7. The molecule has 4 rings (SSSR count). The SMILES string of the molecule is CC(C)(C)c1cc(NC(=O)CCSc2ccccc2)n(-c2nc3c(c(=O)[nH]2)CCCC3)n1. The van der Waals surface area contributed by atoms with E-state index in [9.17, 15) is 9.59 Å². The highest BCUT2D eigenvalue weighted by Gasteiger charge is 2.24. The van der Waals surface area contributed by atoms with Crippen LogP contribution in [0.5, 0.6) is 0 Å². The number of nitrogens with one attached hydrogen (secondary N) is 2. The van der Waals surface area contributed by atoms with Crippen LogP contribution in [0.15, 0.2) is 46.1 Å². The Hall–Kier alpha value is -2.87. The Balaban J connectivity index is 1.57. The Morgan fingerprint density at radius 2 is 1.94 bits per heavy atom. The lowest BCUT2D eigenvalue weighted by atomic mass is 9.92. The Morgan fingerprint density at radius 1 is 1.19 bits per heavy atom. The van der Waals surface area contributed by atoms with Crippen molar-refractivity contribution in [1.82, 2.24) is 19.7 Å². The third-order valence-electron chi connectivity index (χ3n) is 5.47. The number of nitrogens with zero attached hydrogens (tertiary/aromatic N) is 3. The van der Waals surface area contributed by atoms with Gasteiger partial charge < -0.3 is 5.32 Å². The third kappa shape index (κ3) is 5.12. The summed E-state index contributed by atoms with van der Waals surface area (Å²) in [5, 5.41) is 7.66. The predicted molar refractivity (Wildman–Crippen MR) is 128 cm³/mol. The van der Waals surface area contributed by atoms with Gasteiger partial charge in [-0.3, -0.25) is 14.6 Å². The fourth-order valence-electron chi connectivity index (χ4n) is 3.67. The van der Waals surface area contributed by atoms with Crippen molar-refractivity contribution in [1.29, 1.82) is 0 Å². The van der Waals surface area contributed by atoms with Crippen LogP contribution in [0.4, 0.5) is 5.82 Å². The van der Waals surface area contributed by atoms with Crippen molar-refractivity contribution in [2.75, 3.05) is 11.1 Å². The number of fused-ring (bicyclic) bond motifs is 1. The van der Waals surface area contributed by atoms with Crippen LogP contribution in [0.1, 0.15) is 57.0 Å². The van der Waals surface area contributed by atoms with Gasteiger partial charge in [0.25, 0.3) is 5.56 Å². The quantitative estimate of drug-likeness (QED) is 0.547. The molecule has 0 bridgehead atoms. The summed E-state index contributed by atoms with van der Waals surface area (Å²) in [5.74, 6) is 1.43. The van der Waals surface area contributed by atoms with Crippen LogP contribution in [0.25, 0.3) is 5.95 Å².